The average molecular weight is 465 g/mol. The van der Waals surface area contributed by atoms with Crippen LogP contribution in [0, 0.1) is 0 Å². The van der Waals surface area contributed by atoms with Gasteiger partial charge in [-0.2, -0.15) is 0 Å². The number of fused-ring (bicyclic) bond motifs is 1. The van der Waals surface area contributed by atoms with Crippen LogP contribution in [0.5, 0.6) is 0 Å². The van der Waals surface area contributed by atoms with E-state index in [9.17, 15) is 0 Å². The van der Waals surface area contributed by atoms with Crippen molar-refractivity contribution in [3.63, 3.8) is 0 Å². The number of rotatable bonds is 6. The van der Waals surface area contributed by atoms with Gasteiger partial charge in [0.2, 0.25) is 0 Å². The number of aliphatic carboxylic acids is 1. The molecule has 0 bridgehead atoms. The van der Waals surface area contributed by atoms with E-state index >= 15 is 0 Å². The van der Waals surface area contributed by atoms with Gasteiger partial charge in [0.1, 0.15) is 0 Å². The molecule has 0 saturated heterocycles. The molecule has 0 radical (unpaired) electrons. The van der Waals surface area contributed by atoms with Gasteiger partial charge in [-0.25, -0.2) is 4.57 Å². The van der Waals surface area contributed by atoms with E-state index in [4.69, 9.17) is 9.90 Å². The summed E-state index contributed by atoms with van der Waals surface area (Å²) in [4.78, 5) is 17.3. The molecule has 0 spiro atoms. The summed E-state index contributed by atoms with van der Waals surface area (Å²) in [6, 6.07) is 21.2. The number of aryl methyl sites for hydroxylation is 1. The zero-order valence-electron chi connectivity index (χ0n) is 19.7. The molecule has 0 atom stereocenters. The molecule has 33 heavy (non-hydrogen) atoms. The predicted octanol–water partition coefficient (Wildman–Crippen LogP) is 4.80. The summed E-state index contributed by atoms with van der Waals surface area (Å²) in [7, 11) is 6.69. The zero-order valence-corrected chi connectivity index (χ0v) is 20.5. The van der Waals surface area contributed by atoms with Gasteiger partial charge in [0.05, 0.1) is 51.1 Å². The van der Waals surface area contributed by atoms with Crippen molar-refractivity contribution in [3.8, 4) is 0 Å². The first-order valence-corrected chi connectivity index (χ1v) is 11.7. The smallest absolute Gasteiger partial charge is 0.300 e. The molecule has 1 aromatic heterocycles. The second kappa shape index (κ2) is 11.1. The van der Waals surface area contributed by atoms with Gasteiger partial charge in [0.15, 0.2) is 5.69 Å². The number of carboxylic acids is 1. The first-order chi connectivity index (χ1) is 15.7. The molecule has 6 nitrogen and oxygen atoms in total. The van der Waals surface area contributed by atoms with Gasteiger partial charge in [-0.05, 0) is 29.2 Å². The number of carbonyl (C=O) groups is 1. The Hall–Kier alpha value is -3.16. The van der Waals surface area contributed by atoms with Gasteiger partial charge in [-0.3, -0.25) is 4.79 Å². The van der Waals surface area contributed by atoms with Crippen molar-refractivity contribution in [2.45, 2.75) is 24.8 Å². The summed E-state index contributed by atoms with van der Waals surface area (Å²) >= 11 is 1.79. The van der Waals surface area contributed by atoms with Crippen LogP contribution in [0.1, 0.15) is 19.0 Å². The molecule has 172 valence electrons. The van der Waals surface area contributed by atoms with Crippen LogP contribution in [-0.2, 0) is 11.3 Å². The maximum absolute atomic E-state index is 9.00. The third-order valence-electron chi connectivity index (χ3n) is 4.86. The molecule has 0 saturated carbocycles. The van der Waals surface area contributed by atoms with Crippen LogP contribution in [0.15, 0.2) is 83.1 Å². The van der Waals surface area contributed by atoms with Gasteiger partial charge < -0.3 is 14.5 Å². The van der Waals surface area contributed by atoms with E-state index in [0.29, 0.717) is 0 Å². The highest BCUT2D eigenvalue weighted by atomic mass is 32.2. The highest BCUT2D eigenvalue weighted by Crippen LogP contribution is 2.50. The Balaban J connectivity index is 0.000000709. The van der Waals surface area contributed by atoms with Crippen molar-refractivity contribution >= 4 is 35.2 Å². The van der Waals surface area contributed by atoms with Crippen molar-refractivity contribution in [2.75, 3.05) is 32.6 Å². The van der Waals surface area contributed by atoms with Crippen LogP contribution in [-0.4, -0.2) is 48.2 Å². The molecule has 1 aliphatic heterocycles. The maximum Gasteiger partial charge on any atom is 0.300 e. The SMILES string of the molecule is CC(=O)O.C[N+](C)(C)CCC[n+]1ccc(C=C2Sc3ccccc3N2c2ccccc2)nc1. The van der Waals surface area contributed by atoms with E-state index in [-0.39, 0.29) is 0 Å². The topological polar surface area (TPSA) is 57.3 Å². The first-order valence-electron chi connectivity index (χ1n) is 10.9. The minimum atomic E-state index is -0.833. The van der Waals surface area contributed by atoms with Crippen molar-refractivity contribution < 1.29 is 19.0 Å². The molecule has 1 N–H and O–H groups in total. The third-order valence-corrected chi connectivity index (χ3v) is 5.94. The maximum atomic E-state index is 9.00. The molecule has 1 aliphatic rings. The molecule has 2 aromatic carbocycles. The van der Waals surface area contributed by atoms with Gasteiger partial charge in [-0.1, -0.05) is 42.1 Å². The highest BCUT2D eigenvalue weighted by molar-refractivity contribution is 8.04. The second-order valence-corrected chi connectivity index (χ2v) is 9.90. The van der Waals surface area contributed by atoms with E-state index in [0.717, 1.165) is 36.6 Å². The monoisotopic (exact) mass is 464 g/mol. The van der Waals surface area contributed by atoms with E-state index in [1.807, 2.05) is 6.33 Å². The number of hydrogen-bond acceptors (Lipinski definition) is 4. The fraction of sp³-hybridized carbons (Fsp3) is 0.269. The summed E-state index contributed by atoms with van der Waals surface area (Å²) in [6.07, 6.45) is 7.40. The Morgan fingerprint density at radius 1 is 1.09 bits per heavy atom. The molecule has 3 aromatic rings. The Morgan fingerprint density at radius 2 is 1.76 bits per heavy atom. The number of hydrogen-bond donors (Lipinski definition) is 1. The van der Waals surface area contributed by atoms with Gasteiger partial charge in [-0.15, -0.1) is 0 Å². The largest absolute Gasteiger partial charge is 0.481 e. The van der Waals surface area contributed by atoms with Crippen molar-refractivity contribution in [1.82, 2.24) is 4.98 Å². The summed E-state index contributed by atoms with van der Waals surface area (Å²) in [5.41, 5.74) is 3.37. The number of anilines is 2. The molecule has 4 rings (SSSR count). The van der Waals surface area contributed by atoms with Gasteiger partial charge >= 0.3 is 0 Å². The Kier molecular flexibility index (Phi) is 8.25. The van der Waals surface area contributed by atoms with E-state index in [1.54, 1.807) is 11.8 Å². The minimum absolute atomic E-state index is 0.833. The van der Waals surface area contributed by atoms with E-state index < -0.39 is 5.97 Å². The first kappa shape index (κ1) is 24.5. The molecule has 0 aliphatic carbocycles. The van der Waals surface area contributed by atoms with Crippen molar-refractivity contribution in [1.29, 1.82) is 0 Å². The van der Waals surface area contributed by atoms with Crippen LogP contribution in [0.2, 0.25) is 0 Å². The Labute approximate surface area is 200 Å². The number of carboxylic acid groups (broad SMARTS) is 1. The molecule has 0 amide bonds. The number of para-hydroxylation sites is 2. The summed E-state index contributed by atoms with van der Waals surface area (Å²) in [5, 5.41) is 8.59. The number of aromatic nitrogens is 2. The third kappa shape index (κ3) is 7.44. The van der Waals surface area contributed by atoms with E-state index in [1.165, 1.54) is 21.3 Å². The Morgan fingerprint density at radius 3 is 2.39 bits per heavy atom. The standard InChI is InChI=1S/C24H28N4S.C2H4O2/c1-28(2,3)17-9-15-26-16-14-20(25-19-26)18-24-27(21-10-5-4-6-11-21)22-12-7-8-13-23(22)29-24;1-2(3)4/h4-8,10-14,16,18-19H,9,15,17H2,1-3H3;1H3,(H,3,4)/q+2;. The lowest BCUT2D eigenvalue weighted by atomic mass is 10.2. The van der Waals surface area contributed by atoms with E-state index in [2.05, 4.69) is 109 Å². The number of quaternary nitrogens is 1. The van der Waals surface area contributed by atoms with Crippen LogP contribution in [0.3, 0.4) is 0 Å². The lowest BCUT2D eigenvalue weighted by molar-refractivity contribution is -0.873. The molecule has 7 heteroatoms. The number of nitrogens with zero attached hydrogens (tertiary/aromatic N) is 4. The van der Waals surface area contributed by atoms with Crippen molar-refractivity contribution in [3.05, 3.63) is 83.9 Å². The predicted molar refractivity (Wildman–Crippen MR) is 134 cm³/mol. The summed E-state index contributed by atoms with van der Waals surface area (Å²) in [6.45, 7) is 3.23. The normalized spacial score (nSPS) is 13.9. The Bertz CT molecular complexity index is 1090. The van der Waals surface area contributed by atoms with Crippen molar-refractivity contribution in [2.24, 2.45) is 0 Å². The van der Waals surface area contributed by atoms with Crippen LogP contribution in [0.25, 0.3) is 6.08 Å². The molecular weight excluding hydrogens is 432 g/mol. The van der Waals surface area contributed by atoms with Gasteiger partial charge in [0, 0.05) is 36.1 Å². The zero-order chi connectivity index (χ0) is 23.8. The molecule has 0 fully saturated rings. The van der Waals surface area contributed by atoms with Gasteiger partial charge in [0.25, 0.3) is 12.3 Å². The molecule has 2 heterocycles. The summed E-state index contributed by atoms with van der Waals surface area (Å²) < 4.78 is 3.16. The molecular formula is C26H32N4O2S+2. The lowest BCUT2D eigenvalue weighted by Gasteiger charge is -2.23. The quantitative estimate of drug-likeness (QED) is 0.420. The lowest BCUT2D eigenvalue weighted by Crippen LogP contribution is -2.40. The average Bonchev–Trinajstić information content (AvgIpc) is 3.12. The molecule has 0 unspecified atom stereocenters. The fourth-order valence-corrected chi connectivity index (χ4v) is 4.52. The number of thioether (sulfide) groups is 1. The summed E-state index contributed by atoms with van der Waals surface area (Å²) in [5.74, 6) is -0.833. The highest BCUT2D eigenvalue weighted by Gasteiger charge is 2.26. The fourth-order valence-electron chi connectivity index (χ4n) is 3.41. The second-order valence-electron chi connectivity index (χ2n) is 8.83. The number of benzene rings is 2. The van der Waals surface area contributed by atoms with Crippen LogP contribution in [0.4, 0.5) is 11.4 Å². The minimum Gasteiger partial charge on any atom is -0.481 e. The van der Waals surface area contributed by atoms with Crippen LogP contribution < -0.4 is 9.47 Å². The van der Waals surface area contributed by atoms with Crippen LogP contribution >= 0.6 is 11.8 Å².